The number of piperazine rings is 1. The fraction of sp³-hybridized carbons (Fsp3) is 0.542. The number of piperidine rings is 1. The van der Waals surface area contributed by atoms with E-state index < -0.39 is 29.7 Å². The van der Waals surface area contributed by atoms with Gasteiger partial charge in [-0.3, -0.25) is 34.2 Å². The summed E-state index contributed by atoms with van der Waals surface area (Å²) in [7, 11) is 0. The first-order chi connectivity index (χ1) is 16.4. The average molecular weight is 470 g/mol. The van der Waals surface area contributed by atoms with Crippen molar-refractivity contribution in [3.63, 3.8) is 0 Å². The SMILES string of the molecule is NCCCCCCC(=O)N1CCN(c2cccc3c2C(=O)N(C2CCC(=O)NC2=O)C3=O)CC1. The van der Waals surface area contributed by atoms with Crippen LogP contribution in [0.2, 0.25) is 0 Å². The third kappa shape index (κ3) is 4.68. The molecule has 3 aliphatic rings. The number of nitrogens with one attached hydrogen (secondary N) is 1. The normalized spacial score (nSPS) is 20.6. The van der Waals surface area contributed by atoms with E-state index in [2.05, 4.69) is 5.32 Å². The molecule has 3 aliphatic heterocycles. The zero-order valence-electron chi connectivity index (χ0n) is 19.3. The van der Waals surface area contributed by atoms with Crippen molar-refractivity contribution in [2.24, 2.45) is 5.73 Å². The molecule has 0 spiro atoms. The minimum atomic E-state index is -0.989. The van der Waals surface area contributed by atoms with E-state index in [1.54, 1.807) is 18.2 Å². The average Bonchev–Trinajstić information content (AvgIpc) is 3.09. The lowest BCUT2D eigenvalue weighted by Gasteiger charge is -2.37. The molecule has 0 bridgehead atoms. The number of carbonyl (C=O) groups excluding carboxylic acids is 5. The molecule has 0 aromatic heterocycles. The van der Waals surface area contributed by atoms with Gasteiger partial charge in [-0.25, -0.2) is 0 Å². The van der Waals surface area contributed by atoms with E-state index in [4.69, 9.17) is 5.73 Å². The zero-order valence-corrected chi connectivity index (χ0v) is 19.3. The third-order valence-electron chi connectivity index (χ3n) is 6.76. The monoisotopic (exact) mass is 469 g/mol. The van der Waals surface area contributed by atoms with Crippen LogP contribution >= 0.6 is 0 Å². The van der Waals surface area contributed by atoms with Crippen molar-refractivity contribution in [3.8, 4) is 0 Å². The van der Waals surface area contributed by atoms with E-state index >= 15 is 0 Å². The Morgan fingerprint density at radius 1 is 0.971 bits per heavy atom. The number of benzene rings is 1. The molecule has 10 nitrogen and oxygen atoms in total. The summed E-state index contributed by atoms with van der Waals surface area (Å²) in [5.41, 5.74) is 6.70. The lowest BCUT2D eigenvalue weighted by Crippen LogP contribution is -2.54. The highest BCUT2D eigenvalue weighted by Crippen LogP contribution is 2.34. The highest BCUT2D eigenvalue weighted by Gasteiger charge is 2.46. The van der Waals surface area contributed by atoms with E-state index in [-0.39, 0.29) is 29.9 Å². The van der Waals surface area contributed by atoms with E-state index in [9.17, 15) is 24.0 Å². The quantitative estimate of drug-likeness (QED) is 0.422. The second-order valence-electron chi connectivity index (χ2n) is 8.97. The number of hydrogen-bond donors (Lipinski definition) is 2. The van der Waals surface area contributed by atoms with E-state index in [1.807, 2.05) is 9.80 Å². The highest BCUT2D eigenvalue weighted by atomic mass is 16.2. The summed E-state index contributed by atoms with van der Waals surface area (Å²) < 4.78 is 0. The number of nitrogens with two attached hydrogens (primary N) is 1. The van der Waals surface area contributed by atoms with Gasteiger partial charge in [0.15, 0.2) is 0 Å². The van der Waals surface area contributed by atoms with Crippen molar-refractivity contribution >= 4 is 35.2 Å². The zero-order chi connectivity index (χ0) is 24.2. The molecule has 34 heavy (non-hydrogen) atoms. The second kappa shape index (κ2) is 10.3. The molecule has 10 heteroatoms. The van der Waals surface area contributed by atoms with Crippen molar-refractivity contribution in [2.45, 2.75) is 51.0 Å². The Kier molecular flexibility index (Phi) is 7.26. The van der Waals surface area contributed by atoms with Crippen LogP contribution in [0.4, 0.5) is 5.69 Å². The minimum absolute atomic E-state index is 0.0830. The number of carbonyl (C=O) groups is 5. The fourth-order valence-electron chi connectivity index (χ4n) is 4.89. The Morgan fingerprint density at radius 2 is 1.71 bits per heavy atom. The van der Waals surface area contributed by atoms with Gasteiger partial charge in [0, 0.05) is 39.0 Å². The first kappa shape index (κ1) is 23.9. The summed E-state index contributed by atoms with van der Waals surface area (Å²) in [4.78, 5) is 67.5. The maximum absolute atomic E-state index is 13.3. The van der Waals surface area contributed by atoms with Gasteiger partial charge >= 0.3 is 0 Å². The van der Waals surface area contributed by atoms with E-state index in [0.29, 0.717) is 44.8 Å². The number of nitrogens with zero attached hydrogens (tertiary/aromatic N) is 3. The van der Waals surface area contributed by atoms with Gasteiger partial charge in [-0.2, -0.15) is 0 Å². The van der Waals surface area contributed by atoms with Crippen molar-refractivity contribution in [1.29, 1.82) is 0 Å². The Morgan fingerprint density at radius 3 is 2.41 bits per heavy atom. The number of amides is 5. The summed E-state index contributed by atoms with van der Waals surface area (Å²) in [6.07, 6.45) is 4.62. The van der Waals surface area contributed by atoms with Gasteiger partial charge in [-0.1, -0.05) is 18.9 Å². The maximum atomic E-state index is 13.3. The Balaban J connectivity index is 1.41. The van der Waals surface area contributed by atoms with Gasteiger partial charge in [0.05, 0.1) is 16.8 Å². The van der Waals surface area contributed by atoms with Crippen molar-refractivity contribution < 1.29 is 24.0 Å². The first-order valence-electron chi connectivity index (χ1n) is 12.0. The molecule has 1 aromatic carbocycles. The molecule has 3 N–H and O–H groups in total. The van der Waals surface area contributed by atoms with Crippen LogP contribution in [0.25, 0.3) is 0 Å². The lowest BCUT2D eigenvalue weighted by atomic mass is 10.0. The fourth-order valence-corrected chi connectivity index (χ4v) is 4.89. The number of anilines is 1. The predicted molar refractivity (Wildman–Crippen MR) is 124 cm³/mol. The molecule has 2 saturated heterocycles. The lowest BCUT2D eigenvalue weighted by molar-refractivity contribution is -0.136. The number of fused-ring (bicyclic) bond motifs is 1. The van der Waals surface area contributed by atoms with E-state index in [0.717, 1.165) is 30.6 Å². The molecular weight excluding hydrogens is 438 g/mol. The summed E-state index contributed by atoms with van der Waals surface area (Å²) in [5, 5.41) is 2.21. The number of hydrogen-bond acceptors (Lipinski definition) is 7. The van der Waals surface area contributed by atoms with Crippen LogP contribution in [-0.2, 0) is 14.4 Å². The smallest absolute Gasteiger partial charge is 0.264 e. The van der Waals surface area contributed by atoms with Crippen LogP contribution in [0.5, 0.6) is 0 Å². The molecule has 5 amide bonds. The largest absolute Gasteiger partial charge is 0.367 e. The Labute approximate surface area is 198 Å². The number of rotatable bonds is 8. The molecule has 4 rings (SSSR count). The minimum Gasteiger partial charge on any atom is -0.367 e. The molecule has 0 radical (unpaired) electrons. The standard InChI is InChI=1S/C24H31N5O5/c25-11-4-2-1-3-8-20(31)28-14-12-27(13-15-28)17-7-5-6-16-21(17)24(34)29(23(16)33)18-9-10-19(30)26-22(18)32/h5-7,18H,1-4,8-15,25H2,(H,26,30,32). The third-order valence-corrected chi connectivity index (χ3v) is 6.76. The molecule has 1 aromatic rings. The van der Waals surface area contributed by atoms with E-state index in [1.165, 1.54) is 0 Å². The van der Waals surface area contributed by atoms with Gasteiger partial charge in [-0.05, 0) is 37.9 Å². The van der Waals surface area contributed by atoms with Crippen LogP contribution in [0.1, 0.15) is 65.7 Å². The van der Waals surface area contributed by atoms with Gasteiger partial charge in [0.25, 0.3) is 11.8 Å². The second-order valence-corrected chi connectivity index (χ2v) is 8.97. The van der Waals surface area contributed by atoms with Crippen LogP contribution in [0.3, 0.4) is 0 Å². The van der Waals surface area contributed by atoms with Gasteiger partial charge < -0.3 is 15.5 Å². The topological polar surface area (TPSA) is 133 Å². The maximum Gasteiger partial charge on any atom is 0.264 e. The molecule has 3 heterocycles. The number of unbranched alkanes of at least 4 members (excludes halogenated alkanes) is 3. The molecule has 1 atom stereocenters. The summed E-state index contributed by atoms with van der Waals surface area (Å²) >= 11 is 0. The van der Waals surface area contributed by atoms with Gasteiger partial charge in [-0.15, -0.1) is 0 Å². The predicted octanol–water partition coefficient (Wildman–Crippen LogP) is 0.646. The van der Waals surface area contributed by atoms with Crippen LogP contribution < -0.4 is 16.0 Å². The first-order valence-corrected chi connectivity index (χ1v) is 12.0. The van der Waals surface area contributed by atoms with Gasteiger partial charge in [0.1, 0.15) is 6.04 Å². The van der Waals surface area contributed by atoms with Crippen LogP contribution in [-0.4, -0.2) is 78.1 Å². The summed E-state index contributed by atoms with van der Waals surface area (Å²) in [6.45, 7) is 2.87. The Hall–Kier alpha value is -3.27. The summed E-state index contributed by atoms with van der Waals surface area (Å²) in [5.74, 6) is -1.91. The molecule has 2 fully saturated rings. The van der Waals surface area contributed by atoms with Crippen molar-refractivity contribution in [1.82, 2.24) is 15.1 Å². The van der Waals surface area contributed by atoms with Crippen LogP contribution in [0.15, 0.2) is 18.2 Å². The summed E-state index contributed by atoms with van der Waals surface area (Å²) in [6, 6.07) is 4.13. The molecule has 1 unspecified atom stereocenters. The van der Waals surface area contributed by atoms with Crippen LogP contribution in [0, 0.1) is 0 Å². The van der Waals surface area contributed by atoms with Gasteiger partial charge in [0.2, 0.25) is 17.7 Å². The molecule has 182 valence electrons. The molecule has 0 aliphatic carbocycles. The highest BCUT2D eigenvalue weighted by molar-refractivity contribution is 6.25. The Bertz CT molecular complexity index is 1000. The molecular formula is C24H31N5O5. The molecule has 0 saturated carbocycles. The number of imide groups is 2. The van der Waals surface area contributed by atoms with Crippen molar-refractivity contribution in [3.05, 3.63) is 29.3 Å². The van der Waals surface area contributed by atoms with Crippen molar-refractivity contribution in [2.75, 3.05) is 37.6 Å².